The van der Waals surface area contributed by atoms with Gasteiger partial charge in [-0.1, -0.05) is 16.8 Å². The van der Waals surface area contributed by atoms with Crippen LogP contribution in [0.15, 0.2) is 47.2 Å². The van der Waals surface area contributed by atoms with Gasteiger partial charge in [-0.25, -0.2) is 0 Å². The molecule has 0 saturated carbocycles. The maximum absolute atomic E-state index is 5.92. The smallest absolute Gasteiger partial charge is 0.223 e. The Morgan fingerprint density at radius 3 is 2.74 bits per heavy atom. The highest BCUT2D eigenvalue weighted by molar-refractivity contribution is 7.22. The summed E-state index contributed by atoms with van der Waals surface area (Å²) in [6.07, 6.45) is 3.49. The van der Waals surface area contributed by atoms with E-state index in [0.717, 1.165) is 15.0 Å². The van der Waals surface area contributed by atoms with E-state index in [-0.39, 0.29) is 0 Å². The molecule has 23 heavy (non-hydrogen) atoms. The lowest BCUT2D eigenvalue weighted by Crippen LogP contribution is -1.85. The molecule has 3 aromatic heterocycles. The predicted octanol–water partition coefficient (Wildman–Crippen LogP) is 5.10. The molecule has 0 aliphatic rings. The number of fused-ring (bicyclic) bond motifs is 1. The summed E-state index contributed by atoms with van der Waals surface area (Å²) in [6, 6.07) is 9.18. The lowest BCUT2D eigenvalue weighted by molar-refractivity contribution is 0.394. The third kappa shape index (κ3) is 2.78. The largest absolute Gasteiger partial charge is 0.455 e. The van der Waals surface area contributed by atoms with E-state index in [9.17, 15) is 0 Å². The molecule has 114 valence electrons. The Balaban J connectivity index is 1.75. The normalized spacial score (nSPS) is 11.0. The van der Waals surface area contributed by atoms with Crippen molar-refractivity contribution in [3.63, 3.8) is 0 Å². The first-order valence-electron chi connectivity index (χ1n) is 6.81. The van der Waals surface area contributed by atoms with Gasteiger partial charge in [-0.3, -0.25) is 4.98 Å². The number of thiophene rings is 1. The van der Waals surface area contributed by atoms with Gasteiger partial charge < -0.3 is 9.26 Å². The molecule has 0 atom stereocenters. The van der Waals surface area contributed by atoms with E-state index in [2.05, 4.69) is 15.1 Å². The van der Waals surface area contributed by atoms with Crippen LogP contribution in [0.3, 0.4) is 0 Å². The number of rotatable bonds is 3. The first-order chi connectivity index (χ1) is 11.2. The summed E-state index contributed by atoms with van der Waals surface area (Å²) in [5.74, 6) is 2.48. The van der Waals surface area contributed by atoms with Gasteiger partial charge in [-0.05, 0) is 30.3 Å². The van der Waals surface area contributed by atoms with Gasteiger partial charge in [0.15, 0.2) is 5.75 Å². The number of aromatic nitrogens is 3. The van der Waals surface area contributed by atoms with Crippen LogP contribution in [-0.4, -0.2) is 15.1 Å². The van der Waals surface area contributed by atoms with Gasteiger partial charge in [-0.2, -0.15) is 4.98 Å². The summed E-state index contributed by atoms with van der Waals surface area (Å²) in [5, 5.41) is 5.57. The van der Waals surface area contributed by atoms with Crippen LogP contribution in [-0.2, 0) is 0 Å². The molecule has 0 unspecified atom stereocenters. The van der Waals surface area contributed by atoms with Gasteiger partial charge >= 0.3 is 0 Å². The van der Waals surface area contributed by atoms with Crippen molar-refractivity contribution in [2.45, 2.75) is 6.92 Å². The van der Waals surface area contributed by atoms with Gasteiger partial charge in [0, 0.05) is 23.5 Å². The number of benzene rings is 1. The molecule has 0 aliphatic heterocycles. The van der Waals surface area contributed by atoms with Crippen LogP contribution in [0.1, 0.15) is 5.89 Å². The molecule has 0 N–H and O–H groups in total. The maximum atomic E-state index is 5.92. The molecule has 0 aliphatic carbocycles. The molecular formula is C16H10ClN3O2S. The fourth-order valence-electron chi connectivity index (χ4n) is 2.16. The van der Waals surface area contributed by atoms with Gasteiger partial charge in [-0.15, -0.1) is 11.3 Å². The molecule has 1 aromatic carbocycles. The highest BCUT2D eigenvalue weighted by Gasteiger charge is 2.13. The second-order valence-electron chi connectivity index (χ2n) is 4.85. The molecule has 4 rings (SSSR count). The molecule has 4 aromatic rings. The van der Waals surface area contributed by atoms with Gasteiger partial charge in [0.05, 0.1) is 15.8 Å². The van der Waals surface area contributed by atoms with Crippen molar-refractivity contribution >= 4 is 33.0 Å². The van der Waals surface area contributed by atoms with E-state index in [1.54, 1.807) is 42.8 Å². The Labute approximate surface area is 140 Å². The van der Waals surface area contributed by atoms with Crippen molar-refractivity contribution < 1.29 is 9.26 Å². The zero-order chi connectivity index (χ0) is 15.8. The van der Waals surface area contributed by atoms with Crippen LogP contribution in [0.25, 0.3) is 20.8 Å². The molecule has 7 heteroatoms. The lowest BCUT2D eigenvalue weighted by Gasteiger charge is -2.06. The van der Waals surface area contributed by atoms with Crippen molar-refractivity contribution in [2.24, 2.45) is 0 Å². The van der Waals surface area contributed by atoms with E-state index in [1.807, 2.05) is 18.2 Å². The molecule has 0 bridgehead atoms. The zero-order valence-electron chi connectivity index (χ0n) is 12.0. The van der Waals surface area contributed by atoms with Gasteiger partial charge in [0.25, 0.3) is 0 Å². The third-order valence-electron chi connectivity index (χ3n) is 3.20. The molecule has 0 amide bonds. The summed E-state index contributed by atoms with van der Waals surface area (Å²) in [5.41, 5.74) is 0. The topological polar surface area (TPSA) is 61.0 Å². The fourth-order valence-corrected chi connectivity index (χ4v) is 3.25. The Kier molecular flexibility index (Phi) is 3.48. The van der Waals surface area contributed by atoms with E-state index in [4.69, 9.17) is 20.9 Å². The lowest BCUT2D eigenvalue weighted by atomic mass is 10.3. The summed E-state index contributed by atoms with van der Waals surface area (Å²) in [4.78, 5) is 9.40. The van der Waals surface area contributed by atoms with E-state index in [0.29, 0.717) is 28.2 Å². The van der Waals surface area contributed by atoms with E-state index in [1.165, 1.54) is 0 Å². The number of pyridine rings is 1. The van der Waals surface area contributed by atoms with E-state index >= 15 is 0 Å². The Bertz CT molecular complexity index is 979. The minimum atomic E-state index is 0.535. The van der Waals surface area contributed by atoms with Crippen molar-refractivity contribution in [2.75, 3.05) is 0 Å². The highest BCUT2D eigenvalue weighted by Crippen LogP contribution is 2.37. The molecular weight excluding hydrogens is 334 g/mol. The van der Waals surface area contributed by atoms with Crippen LogP contribution >= 0.6 is 22.9 Å². The molecule has 3 heterocycles. The minimum absolute atomic E-state index is 0.535. The van der Waals surface area contributed by atoms with Crippen molar-refractivity contribution in [3.8, 4) is 22.2 Å². The van der Waals surface area contributed by atoms with Crippen molar-refractivity contribution in [3.05, 3.63) is 53.6 Å². The maximum Gasteiger partial charge on any atom is 0.223 e. The first-order valence-corrected chi connectivity index (χ1v) is 8.00. The monoisotopic (exact) mass is 343 g/mol. The standard InChI is InChI=1S/C16H10ClN3O2S/c1-9-19-16(20-22-9)14-6-12-13(7-18-8-15(12)23-14)21-11-4-2-10(17)3-5-11/h2-8H,1H3. The summed E-state index contributed by atoms with van der Waals surface area (Å²) in [6.45, 7) is 1.76. The summed E-state index contributed by atoms with van der Waals surface area (Å²) in [7, 11) is 0. The average molecular weight is 344 g/mol. The van der Waals surface area contributed by atoms with E-state index < -0.39 is 0 Å². The van der Waals surface area contributed by atoms with Crippen LogP contribution in [0.4, 0.5) is 0 Å². The summed E-state index contributed by atoms with van der Waals surface area (Å²) < 4.78 is 12.0. The van der Waals surface area contributed by atoms with Gasteiger partial charge in [0.1, 0.15) is 5.75 Å². The summed E-state index contributed by atoms with van der Waals surface area (Å²) >= 11 is 7.44. The second-order valence-corrected chi connectivity index (χ2v) is 6.37. The Morgan fingerprint density at radius 2 is 2.00 bits per heavy atom. The van der Waals surface area contributed by atoms with Crippen molar-refractivity contribution in [1.29, 1.82) is 0 Å². The number of aryl methyl sites for hydroxylation is 1. The number of ether oxygens (including phenoxy) is 1. The van der Waals surface area contributed by atoms with Gasteiger partial charge in [0.2, 0.25) is 11.7 Å². The SMILES string of the molecule is Cc1nc(-c2cc3c(Oc4ccc(Cl)cc4)cncc3s2)no1. The number of hydrogen-bond acceptors (Lipinski definition) is 6. The average Bonchev–Trinajstić information content (AvgIpc) is 3.16. The zero-order valence-corrected chi connectivity index (χ0v) is 13.6. The number of hydrogen-bond donors (Lipinski definition) is 0. The Morgan fingerprint density at radius 1 is 1.17 bits per heavy atom. The predicted molar refractivity (Wildman–Crippen MR) is 89.2 cm³/mol. The number of halogens is 1. The molecule has 0 spiro atoms. The quantitative estimate of drug-likeness (QED) is 0.518. The van der Waals surface area contributed by atoms with Crippen LogP contribution in [0, 0.1) is 6.92 Å². The first kappa shape index (κ1) is 14.2. The van der Waals surface area contributed by atoms with Crippen LogP contribution in [0.5, 0.6) is 11.5 Å². The molecule has 0 saturated heterocycles. The molecule has 0 fully saturated rings. The Hall–Kier alpha value is -2.44. The highest BCUT2D eigenvalue weighted by atomic mass is 35.5. The molecule has 0 radical (unpaired) electrons. The van der Waals surface area contributed by atoms with Crippen LogP contribution in [0.2, 0.25) is 5.02 Å². The fraction of sp³-hybridized carbons (Fsp3) is 0.0625. The second kappa shape index (κ2) is 5.64. The number of nitrogens with zero attached hydrogens (tertiary/aromatic N) is 3. The van der Waals surface area contributed by atoms with Crippen LogP contribution < -0.4 is 4.74 Å². The van der Waals surface area contributed by atoms with Crippen molar-refractivity contribution in [1.82, 2.24) is 15.1 Å². The minimum Gasteiger partial charge on any atom is -0.455 e. The molecule has 5 nitrogen and oxygen atoms in total. The third-order valence-corrected chi connectivity index (χ3v) is 4.52.